The summed E-state index contributed by atoms with van der Waals surface area (Å²) < 4.78 is 10.5. The first-order chi connectivity index (χ1) is 11.8. The molecule has 1 heterocycles. The van der Waals surface area contributed by atoms with Crippen LogP contribution in [0.5, 0.6) is 11.5 Å². The van der Waals surface area contributed by atoms with Gasteiger partial charge in [0, 0.05) is 18.1 Å². The smallest absolute Gasteiger partial charge is 0.342 e. The molecule has 25 heavy (non-hydrogen) atoms. The van der Waals surface area contributed by atoms with E-state index in [0.29, 0.717) is 12.8 Å². The predicted molar refractivity (Wildman–Crippen MR) is 89.5 cm³/mol. The Labute approximate surface area is 150 Å². The third kappa shape index (κ3) is 4.78. The number of fused-ring (bicyclic) bond motifs is 1. The van der Waals surface area contributed by atoms with Gasteiger partial charge in [-0.05, 0) is 25.8 Å². The molecule has 0 spiro atoms. The van der Waals surface area contributed by atoms with Crippen LogP contribution in [0.1, 0.15) is 42.1 Å². The molecule has 138 valence electrons. The highest BCUT2D eigenvalue weighted by atomic mass is 35.5. The number of aliphatic hydroxyl groups is 2. The van der Waals surface area contributed by atoms with Gasteiger partial charge in [-0.2, -0.15) is 0 Å². The van der Waals surface area contributed by atoms with E-state index in [9.17, 15) is 25.2 Å². The third-order valence-electron chi connectivity index (χ3n) is 3.90. The molecule has 4 N–H and O–H groups in total. The molecule has 2 rings (SSSR count). The highest BCUT2D eigenvalue weighted by Crippen LogP contribution is 2.37. The second kappa shape index (κ2) is 8.42. The van der Waals surface area contributed by atoms with Gasteiger partial charge in [-0.15, -0.1) is 0 Å². The lowest BCUT2D eigenvalue weighted by atomic mass is 10.0. The monoisotopic (exact) mass is 372 g/mol. The largest absolute Gasteiger partial charge is 0.507 e. The Morgan fingerprint density at radius 2 is 1.92 bits per heavy atom. The van der Waals surface area contributed by atoms with Crippen LogP contribution < -0.4 is 0 Å². The summed E-state index contributed by atoms with van der Waals surface area (Å²) in [6.45, 7) is 1.40. The summed E-state index contributed by atoms with van der Waals surface area (Å²) in [5.74, 6) is -1.74. The standard InChI is InChI=1S/C17H21ClO7/c1-9-6-12(20)11(19)4-2-3-5-24-8-10-15(17(23)25-9)13(21)7-14(22)16(10)18/h3,5,7,9,11-12,19-22H,2,4,6,8H2,1H3/b5-3+/t9-,11?,12?/m1/s1. The SMILES string of the molecule is C[C@@H]1CC(O)C(O)CC/C=C/OCc2c(Cl)c(O)cc(O)c2C(=O)O1. The van der Waals surface area contributed by atoms with Crippen molar-refractivity contribution in [3.05, 3.63) is 34.6 Å². The number of ether oxygens (including phenoxy) is 2. The van der Waals surface area contributed by atoms with Gasteiger partial charge in [0.15, 0.2) is 0 Å². The van der Waals surface area contributed by atoms with Crippen molar-refractivity contribution in [2.75, 3.05) is 0 Å². The molecule has 2 unspecified atom stereocenters. The van der Waals surface area contributed by atoms with E-state index in [1.54, 1.807) is 13.0 Å². The number of cyclic esters (lactones) is 1. The Morgan fingerprint density at radius 1 is 1.20 bits per heavy atom. The molecular formula is C17H21ClO7. The van der Waals surface area contributed by atoms with Crippen molar-refractivity contribution >= 4 is 17.6 Å². The second-order valence-electron chi connectivity index (χ2n) is 5.93. The van der Waals surface area contributed by atoms with Gasteiger partial charge in [0.05, 0.1) is 23.5 Å². The number of aromatic hydroxyl groups is 2. The van der Waals surface area contributed by atoms with Crippen molar-refractivity contribution in [3.63, 3.8) is 0 Å². The van der Waals surface area contributed by atoms with Gasteiger partial charge in [-0.3, -0.25) is 0 Å². The lowest BCUT2D eigenvalue weighted by Gasteiger charge is -2.22. The van der Waals surface area contributed by atoms with E-state index in [1.807, 2.05) is 0 Å². The third-order valence-corrected chi connectivity index (χ3v) is 4.32. The maximum absolute atomic E-state index is 12.4. The highest BCUT2D eigenvalue weighted by Gasteiger charge is 2.27. The van der Waals surface area contributed by atoms with E-state index in [1.165, 1.54) is 6.26 Å². The molecule has 7 nitrogen and oxygen atoms in total. The Kier molecular flexibility index (Phi) is 6.52. The van der Waals surface area contributed by atoms with Gasteiger partial charge in [0.1, 0.15) is 29.8 Å². The molecule has 1 aromatic carbocycles. The lowest BCUT2D eigenvalue weighted by Crippen LogP contribution is -2.31. The average Bonchev–Trinajstić information content (AvgIpc) is 2.53. The average molecular weight is 373 g/mol. The number of halogens is 1. The summed E-state index contributed by atoms with van der Waals surface area (Å²) in [4.78, 5) is 12.4. The van der Waals surface area contributed by atoms with Crippen molar-refractivity contribution < 1.29 is 34.7 Å². The molecule has 0 bridgehead atoms. The van der Waals surface area contributed by atoms with E-state index in [-0.39, 0.29) is 34.9 Å². The Balaban J connectivity index is 2.38. The number of hydrogen-bond donors (Lipinski definition) is 4. The molecule has 0 fully saturated rings. The number of allylic oxidation sites excluding steroid dienone is 1. The van der Waals surface area contributed by atoms with E-state index in [4.69, 9.17) is 21.1 Å². The van der Waals surface area contributed by atoms with Crippen molar-refractivity contribution in [2.45, 2.75) is 51.1 Å². The zero-order valence-electron chi connectivity index (χ0n) is 13.7. The van der Waals surface area contributed by atoms with Crippen LogP contribution in [0.2, 0.25) is 5.02 Å². The molecule has 1 aliphatic rings. The molecule has 1 aromatic rings. The van der Waals surface area contributed by atoms with Crippen LogP contribution in [0, 0.1) is 0 Å². The van der Waals surface area contributed by atoms with Crippen LogP contribution in [0.25, 0.3) is 0 Å². The van der Waals surface area contributed by atoms with Gasteiger partial charge < -0.3 is 29.9 Å². The number of esters is 1. The molecule has 0 radical (unpaired) electrons. The van der Waals surface area contributed by atoms with Gasteiger partial charge >= 0.3 is 5.97 Å². The number of carbonyl (C=O) groups excluding carboxylic acids is 1. The van der Waals surface area contributed by atoms with Crippen molar-refractivity contribution in [2.24, 2.45) is 0 Å². The van der Waals surface area contributed by atoms with Crippen molar-refractivity contribution in [1.82, 2.24) is 0 Å². The second-order valence-corrected chi connectivity index (χ2v) is 6.31. The lowest BCUT2D eigenvalue weighted by molar-refractivity contribution is -0.0225. The maximum Gasteiger partial charge on any atom is 0.342 e. The van der Waals surface area contributed by atoms with Crippen molar-refractivity contribution in [1.29, 1.82) is 0 Å². The molecule has 3 atom stereocenters. The maximum atomic E-state index is 12.4. The van der Waals surface area contributed by atoms with Crippen LogP contribution in [0.4, 0.5) is 0 Å². The van der Waals surface area contributed by atoms with E-state index in [0.717, 1.165) is 6.07 Å². The summed E-state index contributed by atoms with van der Waals surface area (Å²) in [5.41, 5.74) is -0.117. The molecule has 0 saturated heterocycles. The van der Waals surface area contributed by atoms with Crippen LogP contribution in [-0.4, -0.2) is 44.7 Å². The summed E-state index contributed by atoms with van der Waals surface area (Å²) in [7, 11) is 0. The molecule has 0 saturated carbocycles. The van der Waals surface area contributed by atoms with Gasteiger partial charge in [0.25, 0.3) is 0 Å². The highest BCUT2D eigenvalue weighted by molar-refractivity contribution is 6.33. The fourth-order valence-electron chi connectivity index (χ4n) is 2.56. The zero-order valence-corrected chi connectivity index (χ0v) is 14.4. The van der Waals surface area contributed by atoms with E-state index >= 15 is 0 Å². The number of hydrogen-bond acceptors (Lipinski definition) is 7. The van der Waals surface area contributed by atoms with E-state index in [2.05, 4.69) is 0 Å². The topological polar surface area (TPSA) is 116 Å². The Bertz CT molecular complexity index is 659. The fraction of sp³-hybridized carbons (Fsp3) is 0.471. The zero-order chi connectivity index (χ0) is 18.6. The number of aliphatic hydroxyl groups excluding tert-OH is 2. The minimum absolute atomic E-state index is 0.0367. The fourth-order valence-corrected chi connectivity index (χ4v) is 2.76. The molecule has 0 aromatic heterocycles. The summed E-state index contributed by atoms with van der Waals surface area (Å²) in [5, 5.41) is 39.5. The quantitative estimate of drug-likeness (QED) is 0.516. The van der Waals surface area contributed by atoms with Crippen LogP contribution in [0.15, 0.2) is 18.4 Å². The first-order valence-electron chi connectivity index (χ1n) is 7.88. The summed E-state index contributed by atoms with van der Waals surface area (Å²) >= 11 is 6.03. The number of benzene rings is 1. The predicted octanol–water partition coefficient (Wildman–Crippen LogP) is 2.23. The Morgan fingerprint density at radius 3 is 2.64 bits per heavy atom. The number of phenolic OH excluding ortho intramolecular Hbond substituents is 2. The molecule has 8 heteroatoms. The minimum atomic E-state index is -1.06. The van der Waals surface area contributed by atoms with Crippen molar-refractivity contribution in [3.8, 4) is 11.5 Å². The number of rotatable bonds is 0. The molecule has 0 amide bonds. The van der Waals surface area contributed by atoms with E-state index < -0.39 is 30.0 Å². The first kappa shape index (κ1) is 19.4. The summed E-state index contributed by atoms with van der Waals surface area (Å²) in [6, 6.07) is 0.949. The van der Waals surface area contributed by atoms with Gasteiger partial charge in [-0.1, -0.05) is 11.6 Å². The Hall–Kier alpha value is -1.96. The number of carbonyl (C=O) groups is 1. The number of phenols is 2. The van der Waals surface area contributed by atoms with Crippen LogP contribution >= 0.6 is 11.6 Å². The molecule has 0 aliphatic carbocycles. The summed E-state index contributed by atoms with van der Waals surface area (Å²) in [6.07, 6.45) is 1.11. The van der Waals surface area contributed by atoms with Crippen LogP contribution in [0.3, 0.4) is 0 Å². The molecule has 1 aliphatic heterocycles. The van der Waals surface area contributed by atoms with Gasteiger partial charge in [0.2, 0.25) is 0 Å². The van der Waals surface area contributed by atoms with Gasteiger partial charge in [-0.25, -0.2) is 4.79 Å². The van der Waals surface area contributed by atoms with Crippen LogP contribution in [-0.2, 0) is 16.1 Å². The minimum Gasteiger partial charge on any atom is -0.507 e. The first-order valence-corrected chi connectivity index (χ1v) is 8.26. The normalized spacial score (nSPS) is 26.7. The molecular weight excluding hydrogens is 352 g/mol.